The molecule has 0 aliphatic carbocycles. The molecule has 1 N–H and O–H groups in total. The number of rotatable bonds is 3. The van der Waals surface area contributed by atoms with Crippen molar-refractivity contribution in [3.63, 3.8) is 0 Å². The van der Waals surface area contributed by atoms with E-state index in [4.69, 9.17) is 5.11 Å². The van der Waals surface area contributed by atoms with E-state index in [2.05, 4.69) is 6.92 Å². The fourth-order valence-corrected chi connectivity index (χ4v) is 2.05. The first-order chi connectivity index (χ1) is 8.00. The second kappa shape index (κ2) is 6.47. The Labute approximate surface area is 102 Å². The van der Waals surface area contributed by atoms with Crippen LogP contribution in [-0.4, -0.2) is 53.6 Å². The topological polar surface area (TPSA) is 60.9 Å². The number of aliphatic carboxylic acids is 1. The van der Waals surface area contributed by atoms with Crippen LogP contribution in [0.1, 0.15) is 32.6 Å². The van der Waals surface area contributed by atoms with Gasteiger partial charge in [-0.15, -0.1) is 0 Å². The largest absolute Gasteiger partial charge is 0.481 e. The minimum Gasteiger partial charge on any atom is -0.481 e. The summed E-state index contributed by atoms with van der Waals surface area (Å²) in [5, 5.41) is 8.58. The number of likely N-dealkylation sites (tertiary alicyclic amines) is 1. The van der Waals surface area contributed by atoms with E-state index in [9.17, 15) is 9.59 Å². The Morgan fingerprint density at radius 1 is 1.35 bits per heavy atom. The lowest BCUT2D eigenvalue weighted by atomic mass is 10.0. The summed E-state index contributed by atoms with van der Waals surface area (Å²) in [5.74, 6) is -0.189. The zero-order valence-corrected chi connectivity index (χ0v) is 10.7. The Morgan fingerprint density at radius 3 is 2.71 bits per heavy atom. The lowest BCUT2D eigenvalue weighted by molar-refractivity contribution is -0.137. The second-order valence-electron chi connectivity index (χ2n) is 4.87. The molecule has 1 atom stereocenters. The molecule has 17 heavy (non-hydrogen) atoms. The molecule has 1 aliphatic rings. The molecule has 98 valence electrons. The van der Waals surface area contributed by atoms with Crippen LogP contribution in [0.2, 0.25) is 0 Å². The summed E-state index contributed by atoms with van der Waals surface area (Å²) in [5.41, 5.74) is 0. The van der Waals surface area contributed by atoms with Gasteiger partial charge in [0.1, 0.15) is 0 Å². The number of urea groups is 1. The van der Waals surface area contributed by atoms with E-state index in [-0.39, 0.29) is 19.0 Å². The number of hydrogen-bond acceptors (Lipinski definition) is 2. The molecule has 0 radical (unpaired) electrons. The van der Waals surface area contributed by atoms with Gasteiger partial charge in [0.25, 0.3) is 0 Å². The fourth-order valence-electron chi connectivity index (χ4n) is 2.05. The number of carboxylic acids is 1. The highest BCUT2D eigenvalue weighted by Crippen LogP contribution is 2.17. The molecule has 0 aromatic heterocycles. The van der Waals surface area contributed by atoms with Crippen molar-refractivity contribution in [1.82, 2.24) is 9.80 Å². The third-order valence-electron chi connectivity index (χ3n) is 3.27. The van der Waals surface area contributed by atoms with Crippen LogP contribution in [-0.2, 0) is 4.79 Å². The maximum Gasteiger partial charge on any atom is 0.319 e. The van der Waals surface area contributed by atoms with Crippen LogP contribution < -0.4 is 0 Å². The maximum atomic E-state index is 12.0. The SMILES string of the molecule is CC1CCCN(C(=O)N(C)CCC(=O)O)CC1. The highest BCUT2D eigenvalue weighted by atomic mass is 16.4. The monoisotopic (exact) mass is 242 g/mol. The summed E-state index contributed by atoms with van der Waals surface area (Å²) < 4.78 is 0. The molecule has 1 heterocycles. The van der Waals surface area contributed by atoms with E-state index >= 15 is 0 Å². The van der Waals surface area contributed by atoms with Crippen molar-refractivity contribution < 1.29 is 14.7 Å². The first-order valence-electron chi connectivity index (χ1n) is 6.22. The van der Waals surface area contributed by atoms with Crippen LogP contribution in [0.15, 0.2) is 0 Å². The van der Waals surface area contributed by atoms with Gasteiger partial charge in [-0.2, -0.15) is 0 Å². The zero-order chi connectivity index (χ0) is 12.8. The molecule has 1 fully saturated rings. The van der Waals surface area contributed by atoms with E-state index in [0.717, 1.165) is 25.9 Å². The number of carbonyl (C=O) groups is 2. The Kier molecular flexibility index (Phi) is 5.25. The van der Waals surface area contributed by atoms with Gasteiger partial charge in [0.05, 0.1) is 6.42 Å². The predicted octanol–water partition coefficient (Wildman–Crippen LogP) is 1.63. The lowest BCUT2D eigenvalue weighted by Crippen LogP contribution is -2.42. The van der Waals surface area contributed by atoms with Gasteiger partial charge in [0.15, 0.2) is 0 Å². The normalized spacial score (nSPS) is 20.8. The lowest BCUT2D eigenvalue weighted by Gasteiger charge is -2.26. The van der Waals surface area contributed by atoms with E-state index < -0.39 is 5.97 Å². The number of nitrogens with zero attached hydrogens (tertiary/aromatic N) is 2. The average molecular weight is 242 g/mol. The van der Waals surface area contributed by atoms with Gasteiger partial charge in [-0.25, -0.2) is 4.79 Å². The molecule has 0 bridgehead atoms. The molecule has 0 aromatic carbocycles. The Bertz CT molecular complexity index is 281. The molecule has 0 saturated carbocycles. The van der Waals surface area contributed by atoms with Crippen LogP contribution >= 0.6 is 0 Å². The zero-order valence-electron chi connectivity index (χ0n) is 10.7. The highest BCUT2D eigenvalue weighted by molar-refractivity contribution is 5.75. The molecule has 1 rings (SSSR count). The fraction of sp³-hybridized carbons (Fsp3) is 0.833. The molecule has 5 heteroatoms. The van der Waals surface area contributed by atoms with Crippen LogP contribution in [0.25, 0.3) is 0 Å². The van der Waals surface area contributed by atoms with Crippen molar-refractivity contribution in [2.45, 2.75) is 32.6 Å². The van der Waals surface area contributed by atoms with E-state index in [1.165, 1.54) is 11.3 Å². The minimum absolute atomic E-state index is 0.00643. The quantitative estimate of drug-likeness (QED) is 0.818. The van der Waals surface area contributed by atoms with E-state index in [0.29, 0.717) is 5.92 Å². The van der Waals surface area contributed by atoms with Gasteiger partial charge in [-0.1, -0.05) is 6.92 Å². The van der Waals surface area contributed by atoms with Gasteiger partial charge in [-0.05, 0) is 25.2 Å². The summed E-state index contributed by atoms with van der Waals surface area (Å²) in [6.45, 7) is 4.07. The molecular weight excluding hydrogens is 220 g/mol. The first-order valence-corrected chi connectivity index (χ1v) is 6.22. The standard InChI is InChI=1S/C12H22N2O3/c1-10-4-3-7-14(9-5-10)12(17)13(2)8-6-11(15)16/h10H,3-9H2,1-2H3,(H,15,16). The van der Waals surface area contributed by atoms with E-state index in [1.807, 2.05) is 4.90 Å². The van der Waals surface area contributed by atoms with Gasteiger partial charge < -0.3 is 14.9 Å². The summed E-state index contributed by atoms with van der Waals surface area (Å²) in [6, 6.07) is -0.0413. The van der Waals surface area contributed by atoms with Crippen LogP contribution in [0.4, 0.5) is 4.79 Å². The van der Waals surface area contributed by atoms with Gasteiger partial charge >= 0.3 is 12.0 Å². The number of hydrogen-bond donors (Lipinski definition) is 1. The smallest absolute Gasteiger partial charge is 0.319 e. The number of amides is 2. The maximum absolute atomic E-state index is 12.0. The van der Waals surface area contributed by atoms with Crippen molar-refractivity contribution in [3.05, 3.63) is 0 Å². The van der Waals surface area contributed by atoms with Gasteiger partial charge in [0, 0.05) is 26.7 Å². The minimum atomic E-state index is -0.867. The van der Waals surface area contributed by atoms with Crippen molar-refractivity contribution in [2.75, 3.05) is 26.7 Å². The summed E-state index contributed by atoms with van der Waals surface area (Å²) in [6.07, 6.45) is 3.26. The summed E-state index contributed by atoms with van der Waals surface area (Å²) >= 11 is 0. The number of carboxylic acid groups (broad SMARTS) is 1. The Morgan fingerprint density at radius 2 is 2.06 bits per heavy atom. The molecule has 1 unspecified atom stereocenters. The van der Waals surface area contributed by atoms with Crippen molar-refractivity contribution in [2.24, 2.45) is 5.92 Å². The molecule has 0 spiro atoms. The molecular formula is C12H22N2O3. The van der Waals surface area contributed by atoms with Crippen LogP contribution in [0.3, 0.4) is 0 Å². The highest BCUT2D eigenvalue weighted by Gasteiger charge is 2.21. The van der Waals surface area contributed by atoms with Crippen molar-refractivity contribution >= 4 is 12.0 Å². The molecule has 1 saturated heterocycles. The van der Waals surface area contributed by atoms with Gasteiger partial charge in [-0.3, -0.25) is 4.79 Å². The van der Waals surface area contributed by atoms with Crippen LogP contribution in [0, 0.1) is 5.92 Å². The van der Waals surface area contributed by atoms with Gasteiger partial charge in [0.2, 0.25) is 0 Å². The first kappa shape index (κ1) is 13.8. The Balaban J connectivity index is 2.42. The predicted molar refractivity (Wildman–Crippen MR) is 64.9 cm³/mol. The third kappa shape index (κ3) is 4.63. The number of carbonyl (C=O) groups excluding carboxylic acids is 1. The molecule has 2 amide bonds. The Hall–Kier alpha value is -1.26. The molecule has 0 aromatic rings. The molecule has 5 nitrogen and oxygen atoms in total. The second-order valence-corrected chi connectivity index (χ2v) is 4.87. The molecule has 1 aliphatic heterocycles. The summed E-state index contributed by atoms with van der Waals surface area (Å²) in [7, 11) is 1.67. The summed E-state index contributed by atoms with van der Waals surface area (Å²) in [4.78, 5) is 25.8. The average Bonchev–Trinajstić information content (AvgIpc) is 2.49. The third-order valence-corrected chi connectivity index (χ3v) is 3.27. The van der Waals surface area contributed by atoms with E-state index in [1.54, 1.807) is 7.05 Å². The van der Waals surface area contributed by atoms with Crippen molar-refractivity contribution in [3.8, 4) is 0 Å². The van der Waals surface area contributed by atoms with Crippen molar-refractivity contribution in [1.29, 1.82) is 0 Å². The van der Waals surface area contributed by atoms with Crippen LogP contribution in [0.5, 0.6) is 0 Å².